The molecule has 0 atom stereocenters. The van der Waals surface area contributed by atoms with Crippen LogP contribution < -0.4 is 10.8 Å². The Hall–Kier alpha value is -4.96. The summed E-state index contributed by atoms with van der Waals surface area (Å²) < 4.78 is 3.45. The minimum Gasteiger partial charge on any atom is -0.280 e. The molecule has 3 heterocycles. The van der Waals surface area contributed by atoms with Gasteiger partial charge in [-0.2, -0.15) is 0 Å². The monoisotopic (exact) mass is 494 g/mol. The van der Waals surface area contributed by atoms with Crippen molar-refractivity contribution < 1.29 is 4.79 Å². The quantitative estimate of drug-likeness (QED) is 0.249. The van der Waals surface area contributed by atoms with Crippen LogP contribution in [0.4, 0.5) is 0 Å². The summed E-state index contributed by atoms with van der Waals surface area (Å²) in [5, 5.41) is 3.67. The summed E-state index contributed by atoms with van der Waals surface area (Å²) in [6, 6.07) is 35.7. The molecule has 0 unspecified atom stereocenters. The lowest BCUT2D eigenvalue weighted by Gasteiger charge is -2.08. The summed E-state index contributed by atoms with van der Waals surface area (Å²) in [7, 11) is 0. The summed E-state index contributed by atoms with van der Waals surface area (Å²) in [5.74, 6) is 0. The van der Waals surface area contributed by atoms with Gasteiger partial charge in [0.15, 0.2) is 0 Å². The number of hydrogen-bond acceptors (Lipinski definition) is 2. The molecule has 7 aromatic rings. The summed E-state index contributed by atoms with van der Waals surface area (Å²) in [5.41, 5.74) is 5.87. The van der Waals surface area contributed by atoms with Crippen molar-refractivity contribution in [3.8, 4) is 11.1 Å². The summed E-state index contributed by atoms with van der Waals surface area (Å²) in [4.78, 5) is 26.4. The van der Waals surface area contributed by atoms with Crippen LogP contribution in [0.25, 0.3) is 55.4 Å². The van der Waals surface area contributed by atoms with Crippen molar-refractivity contribution in [2.75, 3.05) is 0 Å². The number of carbonyl (C=O) groups is 1. The van der Waals surface area contributed by atoms with Gasteiger partial charge in [0.05, 0.1) is 27.6 Å². The first-order valence-electron chi connectivity index (χ1n) is 12.7. The van der Waals surface area contributed by atoms with E-state index in [1.165, 1.54) is 5.56 Å². The molecule has 4 heteroatoms. The molecule has 0 fully saturated rings. The van der Waals surface area contributed by atoms with E-state index in [4.69, 9.17) is 0 Å². The molecule has 7 rings (SSSR count). The molecule has 184 valence electrons. The molecule has 0 bridgehead atoms. The molecule has 0 spiro atoms. The highest BCUT2D eigenvalue weighted by Crippen LogP contribution is 2.36. The normalized spacial score (nSPS) is 11.8. The van der Waals surface area contributed by atoms with Gasteiger partial charge in [0.25, 0.3) is 5.56 Å². The Morgan fingerprint density at radius 2 is 1.24 bits per heavy atom. The Labute approximate surface area is 219 Å². The van der Waals surface area contributed by atoms with Crippen LogP contribution >= 0.6 is 0 Å². The molecular weight excluding hydrogens is 468 g/mol. The number of pyridine rings is 1. The van der Waals surface area contributed by atoms with Gasteiger partial charge < -0.3 is 0 Å². The third kappa shape index (κ3) is 3.53. The predicted molar refractivity (Wildman–Crippen MR) is 158 cm³/mol. The molecule has 0 aliphatic carbocycles. The van der Waals surface area contributed by atoms with Gasteiger partial charge >= 0.3 is 0 Å². The van der Waals surface area contributed by atoms with Crippen molar-refractivity contribution in [2.45, 2.75) is 13.8 Å². The first-order valence-corrected chi connectivity index (χ1v) is 12.7. The average molecular weight is 495 g/mol. The highest BCUT2D eigenvalue weighted by atomic mass is 16.1. The van der Waals surface area contributed by atoms with Crippen molar-refractivity contribution >= 4 is 50.7 Å². The standard InChI is InChI=1S/C27H18N2O2.C7H8/c1-2-18-19-12-6-9-15-22(19)29-25(18)26-24(20-13-7-8-14-21(20)28(26)16-30)23(27(29)31)17-10-4-3-5-11-17;1-7-5-3-2-4-6-7/h2-16H,1H3;2-6H,1H3/b18-2-;. The van der Waals surface area contributed by atoms with E-state index in [2.05, 4.69) is 19.1 Å². The fourth-order valence-electron chi connectivity index (χ4n) is 5.49. The average Bonchev–Trinajstić information content (AvgIpc) is 3.47. The molecule has 0 aliphatic heterocycles. The minimum absolute atomic E-state index is 0.0770. The highest BCUT2D eigenvalue weighted by Gasteiger charge is 2.24. The molecule has 0 N–H and O–H groups in total. The van der Waals surface area contributed by atoms with E-state index < -0.39 is 0 Å². The predicted octanol–water partition coefficient (Wildman–Crippen LogP) is 6.78. The van der Waals surface area contributed by atoms with Gasteiger partial charge in [-0.05, 0) is 31.5 Å². The third-order valence-corrected chi connectivity index (χ3v) is 7.11. The maximum Gasteiger partial charge on any atom is 0.264 e. The summed E-state index contributed by atoms with van der Waals surface area (Å²) in [6.07, 6.45) is 2.87. The number of hydrogen-bond donors (Lipinski definition) is 0. The summed E-state index contributed by atoms with van der Waals surface area (Å²) >= 11 is 0. The van der Waals surface area contributed by atoms with Crippen molar-refractivity contribution in [3.05, 3.63) is 130 Å². The molecule has 4 nitrogen and oxygen atoms in total. The topological polar surface area (TPSA) is 43.5 Å². The van der Waals surface area contributed by atoms with Crippen LogP contribution in [0.1, 0.15) is 12.5 Å². The third-order valence-electron chi connectivity index (χ3n) is 7.11. The Balaban J connectivity index is 0.000000330. The Morgan fingerprint density at radius 1 is 0.658 bits per heavy atom. The van der Waals surface area contributed by atoms with Crippen molar-refractivity contribution in [2.24, 2.45) is 0 Å². The van der Waals surface area contributed by atoms with Crippen molar-refractivity contribution in [3.63, 3.8) is 0 Å². The number of nitrogens with zero attached hydrogens (tertiary/aromatic N) is 2. The smallest absolute Gasteiger partial charge is 0.264 e. The van der Waals surface area contributed by atoms with Crippen LogP contribution in [-0.2, 0) is 4.79 Å². The van der Waals surface area contributed by atoms with Gasteiger partial charge in [-0.15, -0.1) is 0 Å². The lowest BCUT2D eigenvalue weighted by atomic mass is 10.0. The highest BCUT2D eigenvalue weighted by molar-refractivity contribution is 6.22. The fourth-order valence-corrected chi connectivity index (χ4v) is 5.49. The molecule has 3 aromatic heterocycles. The lowest BCUT2D eigenvalue weighted by molar-refractivity contribution is 0.550. The minimum atomic E-state index is -0.0770. The van der Waals surface area contributed by atoms with E-state index >= 15 is 0 Å². The largest absolute Gasteiger partial charge is 0.280 e. The van der Waals surface area contributed by atoms with Gasteiger partial charge in [0.1, 0.15) is 0 Å². The maximum absolute atomic E-state index is 14.1. The van der Waals surface area contributed by atoms with Crippen LogP contribution in [0.5, 0.6) is 0 Å². The molecule has 0 amide bonds. The van der Waals surface area contributed by atoms with Gasteiger partial charge in [-0.25, -0.2) is 0 Å². The lowest BCUT2D eigenvalue weighted by Crippen LogP contribution is -2.17. The number of aromatic nitrogens is 2. The molecule has 38 heavy (non-hydrogen) atoms. The van der Waals surface area contributed by atoms with E-state index in [1.807, 2.05) is 110 Å². The Bertz CT molecular complexity index is 2070. The number of fused-ring (bicyclic) bond motifs is 7. The SMILES string of the molecule is C/C=c1/c2ccccc2n2c(=O)c(-c3ccccc3)c3c4ccccc4n(C=O)c3c12.Cc1ccccc1. The zero-order chi connectivity index (χ0) is 26.2. The zero-order valence-electron chi connectivity index (χ0n) is 21.3. The van der Waals surface area contributed by atoms with Crippen LogP contribution in [0.2, 0.25) is 0 Å². The summed E-state index contributed by atoms with van der Waals surface area (Å²) in [6.45, 7) is 4.05. The maximum atomic E-state index is 14.1. The number of rotatable bonds is 2. The van der Waals surface area contributed by atoms with E-state index in [0.717, 1.165) is 55.4 Å². The van der Waals surface area contributed by atoms with Gasteiger partial charge in [0.2, 0.25) is 6.41 Å². The number of benzene rings is 4. The zero-order valence-corrected chi connectivity index (χ0v) is 21.3. The van der Waals surface area contributed by atoms with Gasteiger partial charge in [-0.1, -0.05) is 109 Å². The van der Waals surface area contributed by atoms with Crippen LogP contribution in [0.15, 0.2) is 114 Å². The van der Waals surface area contributed by atoms with Crippen LogP contribution in [0, 0.1) is 6.92 Å². The molecule has 0 saturated carbocycles. The Morgan fingerprint density at radius 3 is 1.84 bits per heavy atom. The molecule has 4 aromatic carbocycles. The molecular formula is C34H26N2O2. The van der Waals surface area contributed by atoms with Crippen LogP contribution in [0.3, 0.4) is 0 Å². The molecule has 0 radical (unpaired) electrons. The van der Waals surface area contributed by atoms with Crippen molar-refractivity contribution in [1.82, 2.24) is 8.97 Å². The molecule has 0 saturated heterocycles. The number of carbonyl (C=O) groups excluding carboxylic acids is 1. The second kappa shape index (κ2) is 9.49. The van der Waals surface area contributed by atoms with E-state index in [1.54, 1.807) is 8.97 Å². The fraction of sp³-hybridized carbons (Fsp3) is 0.0588. The Kier molecular flexibility index (Phi) is 5.85. The van der Waals surface area contributed by atoms with Gasteiger partial charge in [0, 0.05) is 21.4 Å². The van der Waals surface area contributed by atoms with E-state index in [9.17, 15) is 9.59 Å². The van der Waals surface area contributed by atoms with Crippen molar-refractivity contribution in [1.29, 1.82) is 0 Å². The second-order valence-electron chi connectivity index (χ2n) is 9.32. The first kappa shape index (κ1) is 23.4. The van der Waals surface area contributed by atoms with Crippen LogP contribution in [-0.4, -0.2) is 15.4 Å². The number of aryl methyl sites for hydroxylation is 1. The van der Waals surface area contributed by atoms with E-state index in [-0.39, 0.29) is 5.56 Å². The number of para-hydroxylation sites is 2. The van der Waals surface area contributed by atoms with Gasteiger partial charge in [-0.3, -0.25) is 18.6 Å². The first-order chi connectivity index (χ1) is 18.7. The second-order valence-corrected chi connectivity index (χ2v) is 9.32. The van der Waals surface area contributed by atoms with E-state index in [0.29, 0.717) is 5.56 Å². The molecule has 0 aliphatic rings.